The summed E-state index contributed by atoms with van der Waals surface area (Å²) in [5, 5.41) is 0.0510. The second-order valence-electron chi connectivity index (χ2n) is 4.79. The van der Waals surface area contributed by atoms with Crippen molar-refractivity contribution < 1.29 is 9.18 Å². The van der Waals surface area contributed by atoms with E-state index in [1.54, 1.807) is 6.08 Å². The Morgan fingerprint density at radius 2 is 2.13 bits per heavy atom. The maximum absolute atomic E-state index is 13.1. The van der Waals surface area contributed by atoms with E-state index in [-0.39, 0.29) is 10.6 Å². The lowest BCUT2D eigenvalue weighted by molar-refractivity contribution is 0.0998. The molecule has 0 bridgehead atoms. The second-order valence-corrected chi connectivity index (χ2v) is 6.21. The van der Waals surface area contributed by atoms with Crippen molar-refractivity contribution in [2.75, 3.05) is 0 Å². The molecular weight excluding hydrogens is 335 g/mol. The predicted octanol–water partition coefficient (Wildman–Crippen LogP) is 4.42. The molecule has 2 aromatic carbocycles. The summed E-state index contributed by atoms with van der Waals surface area (Å²) in [6.45, 7) is 4.27. The van der Waals surface area contributed by atoms with Crippen LogP contribution in [0.3, 0.4) is 0 Å². The highest BCUT2D eigenvalue weighted by Crippen LogP contribution is 2.19. The first kappa shape index (κ1) is 15.6. The average Bonchev–Trinajstić information content (AvgIpc) is 2.85. The Morgan fingerprint density at radius 3 is 2.87 bits per heavy atom. The number of carbonyl (C=O) groups excluding carboxylic acids is 1. The average molecular weight is 347 g/mol. The Kier molecular flexibility index (Phi) is 4.41. The molecule has 0 saturated carbocycles. The van der Waals surface area contributed by atoms with Gasteiger partial charge in [0.05, 0.1) is 20.8 Å². The van der Waals surface area contributed by atoms with Gasteiger partial charge in [-0.25, -0.2) is 4.39 Å². The van der Waals surface area contributed by atoms with Crippen LogP contribution in [0, 0.1) is 5.82 Å². The maximum atomic E-state index is 13.1. The molecule has 3 nitrogen and oxygen atoms in total. The Balaban J connectivity index is 2.14. The Bertz CT molecular complexity index is 974. The number of para-hydroxylation sites is 1. The molecule has 0 fully saturated rings. The number of hydrogen-bond donors (Lipinski definition) is 0. The smallest absolute Gasteiger partial charge is 0.281 e. The number of rotatable bonds is 3. The standard InChI is InChI=1S/C17H12ClFN2OS/c1-2-9-21-14-5-3-4-6-15(14)23-17(21)20-16(22)12-8-7-11(19)10-13(12)18/h2-8,10H,1,9H2. The number of amides is 1. The number of carbonyl (C=O) groups is 1. The van der Waals surface area contributed by atoms with E-state index in [9.17, 15) is 9.18 Å². The van der Waals surface area contributed by atoms with Crippen LogP contribution in [0.1, 0.15) is 10.4 Å². The van der Waals surface area contributed by atoms with Gasteiger partial charge in [0, 0.05) is 6.54 Å². The molecule has 0 atom stereocenters. The topological polar surface area (TPSA) is 34.4 Å². The SMILES string of the molecule is C=CCn1c(=NC(=O)c2ccc(F)cc2Cl)sc2ccccc21. The molecule has 3 aromatic rings. The predicted molar refractivity (Wildman–Crippen MR) is 91.3 cm³/mol. The number of fused-ring (bicyclic) bond motifs is 1. The van der Waals surface area contributed by atoms with E-state index < -0.39 is 11.7 Å². The van der Waals surface area contributed by atoms with Crippen molar-refractivity contribution in [2.45, 2.75) is 6.54 Å². The van der Waals surface area contributed by atoms with Gasteiger partial charge >= 0.3 is 0 Å². The highest BCUT2D eigenvalue weighted by Gasteiger charge is 2.12. The van der Waals surface area contributed by atoms with Crippen molar-refractivity contribution in [1.29, 1.82) is 0 Å². The number of allylic oxidation sites excluding steroid dienone is 1. The Hall–Kier alpha value is -2.24. The lowest BCUT2D eigenvalue weighted by atomic mass is 10.2. The third kappa shape index (κ3) is 3.11. The van der Waals surface area contributed by atoms with E-state index in [0.29, 0.717) is 11.3 Å². The van der Waals surface area contributed by atoms with Gasteiger partial charge in [0.2, 0.25) is 0 Å². The van der Waals surface area contributed by atoms with E-state index in [4.69, 9.17) is 11.6 Å². The number of aromatic nitrogens is 1. The number of thiazole rings is 1. The van der Waals surface area contributed by atoms with Crippen LogP contribution in [-0.2, 0) is 6.54 Å². The van der Waals surface area contributed by atoms with E-state index in [1.165, 1.54) is 23.5 Å². The van der Waals surface area contributed by atoms with Crippen LogP contribution in [0.2, 0.25) is 5.02 Å². The fourth-order valence-electron chi connectivity index (χ4n) is 2.22. The van der Waals surface area contributed by atoms with Crippen molar-refractivity contribution in [2.24, 2.45) is 4.99 Å². The first-order valence-electron chi connectivity index (χ1n) is 6.83. The minimum absolute atomic E-state index is 0.0510. The summed E-state index contributed by atoms with van der Waals surface area (Å²) in [7, 11) is 0. The second kappa shape index (κ2) is 6.48. The summed E-state index contributed by atoms with van der Waals surface area (Å²) in [6.07, 6.45) is 1.74. The van der Waals surface area contributed by atoms with Crippen molar-refractivity contribution in [1.82, 2.24) is 4.57 Å². The maximum Gasteiger partial charge on any atom is 0.281 e. The number of hydrogen-bond acceptors (Lipinski definition) is 2. The normalized spacial score (nSPS) is 11.8. The molecule has 1 aromatic heterocycles. The van der Waals surface area contributed by atoms with Gasteiger partial charge in [-0.2, -0.15) is 4.99 Å². The molecule has 1 heterocycles. The van der Waals surface area contributed by atoms with Crippen molar-refractivity contribution >= 4 is 39.1 Å². The molecule has 6 heteroatoms. The molecule has 116 valence electrons. The fourth-order valence-corrected chi connectivity index (χ4v) is 3.51. The quantitative estimate of drug-likeness (QED) is 0.646. The molecule has 23 heavy (non-hydrogen) atoms. The molecule has 3 rings (SSSR count). The van der Waals surface area contributed by atoms with Crippen LogP contribution >= 0.6 is 22.9 Å². The Morgan fingerprint density at radius 1 is 1.35 bits per heavy atom. The monoisotopic (exact) mass is 346 g/mol. The largest absolute Gasteiger partial charge is 0.312 e. The summed E-state index contributed by atoms with van der Waals surface area (Å²) in [4.78, 5) is 17.1. The van der Waals surface area contributed by atoms with Gasteiger partial charge in [0.15, 0.2) is 4.80 Å². The molecule has 0 aliphatic carbocycles. The van der Waals surface area contributed by atoms with Gasteiger partial charge in [0.1, 0.15) is 5.82 Å². The van der Waals surface area contributed by atoms with Crippen molar-refractivity contribution in [3.8, 4) is 0 Å². The van der Waals surface area contributed by atoms with Gasteiger partial charge < -0.3 is 4.57 Å². The summed E-state index contributed by atoms with van der Waals surface area (Å²) in [5.74, 6) is -0.991. The Labute approximate surface area is 141 Å². The van der Waals surface area contributed by atoms with Gasteiger partial charge in [-0.15, -0.1) is 6.58 Å². The summed E-state index contributed by atoms with van der Waals surface area (Å²) < 4.78 is 16.0. The van der Waals surface area contributed by atoms with E-state index >= 15 is 0 Å². The zero-order chi connectivity index (χ0) is 16.4. The van der Waals surface area contributed by atoms with E-state index in [0.717, 1.165) is 16.3 Å². The van der Waals surface area contributed by atoms with Crippen LogP contribution < -0.4 is 4.80 Å². The summed E-state index contributed by atoms with van der Waals surface area (Å²) in [6, 6.07) is 11.4. The van der Waals surface area contributed by atoms with Crippen LogP contribution in [0.25, 0.3) is 10.2 Å². The lowest BCUT2D eigenvalue weighted by Crippen LogP contribution is -2.16. The molecule has 1 amide bonds. The van der Waals surface area contributed by atoms with Crippen molar-refractivity contribution in [3.05, 3.63) is 76.3 Å². The zero-order valence-electron chi connectivity index (χ0n) is 12.0. The molecule has 0 saturated heterocycles. The molecule has 0 N–H and O–H groups in total. The zero-order valence-corrected chi connectivity index (χ0v) is 13.6. The first-order chi connectivity index (χ1) is 11.1. The van der Waals surface area contributed by atoms with Crippen LogP contribution in [0.15, 0.2) is 60.1 Å². The molecule has 0 radical (unpaired) electrons. The van der Waals surface area contributed by atoms with Gasteiger partial charge in [-0.05, 0) is 30.3 Å². The van der Waals surface area contributed by atoms with Crippen LogP contribution in [0.5, 0.6) is 0 Å². The highest BCUT2D eigenvalue weighted by molar-refractivity contribution is 7.16. The number of nitrogens with zero attached hydrogens (tertiary/aromatic N) is 2. The molecular formula is C17H12ClFN2OS. The van der Waals surface area contributed by atoms with Gasteiger partial charge in [0.25, 0.3) is 5.91 Å². The number of benzene rings is 2. The third-order valence-corrected chi connectivity index (χ3v) is 4.63. The molecule has 0 unspecified atom stereocenters. The fraction of sp³-hybridized carbons (Fsp3) is 0.0588. The highest BCUT2D eigenvalue weighted by atomic mass is 35.5. The summed E-state index contributed by atoms with van der Waals surface area (Å²) >= 11 is 7.34. The molecule has 0 spiro atoms. The van der Waals surface area contributed by atoms with E-state index in [2.05, 4.69) is 11.6 Å². The minimum Gasteiger partial charge on any atom is -0.312 e. The number of halogens is 2. The van der Waals surface area contributed by atoms with E-state index in [1.807, 2.05) is 28.8 Å². The minimum atomic E-state index is -0.501. The van der Waals surface area contributed by atoms with Gasteiger partial charge in [-0.3, -0.25) is 4.79 Å². The molecule has 0 aliphatic rings. The van der Waals surface area contributed by atoms with Crippen LogP contribution in [-0.4, -0.2) is 10.5 Å². The van der Waals surface area contributed by atoms with Crippen LogP contribution in [0.4, 0.5) is 4.39 Å². The molecule has 0 aliphatic heterocycles. The summed E-state index contributed by atoms with van der Waals surface area (Å²) in [5.41, 5.74) is 1.16. The first-order valence-corrected chi connectivity index (χ1v) is 8.03. The van der Waals surface area contributed by atoms with Gasteiger partial charge in [-0.1, -0.05) is 41.1 Å². The van der Waals surface area contributed by atoms with Crippen molar-refractivity contribution in [3.63, 3.8) is 0 Å². The lowest BCUT2D eigenvalue weighted by Gasteiger charge is -2.01. The third-order valence-electron chi connectivity index (χ3n) is 3.26.